The van der Waals surface area contributed by atoms with E-state index in [-0.39, 0.29) is 0 Å². The van der Waals surface area contributed by atoms with Gasteiger partial charge < -0.3 is 5.11 Å². The molecule has 2 aromatic heterocycles. The summed E-state index contributed by atoms with van der Waals surface area (Å²) in [5.74, 6) is 0. The monoisotopic (exact) mass is 338 g/mol. The molecule has 0 amide bonds. The molecule has 0 aliphatic carbocycles. The number of halogens is 1. The standard InChI is InChI=1S/C14H11BrOS2/c1-8-5-6-12(18-8)13(16)10-7-17-14-9(10)3-2-4-11(14)15/h2-7,13,16H,1H3. The van der Waals surface area contributed by atoms with Gasteiger partial charge in [-0.25, -0.2) is 0 Å². The van der Waals surface area contributed by atoms with Gasteiger partial charge in [-0.05, 0) is 51.8 Å². The molecule has 2 heterocycles. The van der Waals surface area contributed by atoms with Crippen LogP contribution in [0.1, 0.15) is 21.4 Å². The molecule has 0 saturated carbocycles. The first-order chi connectivity index (χ1) is 8.66. The van der Waals surface area contributed by atoms with Gasteiger partial charge in [0.15, 0.2) is 0 Å². The van der Waals surface area contributed by atoms with E-state index < -0.39 is 6.10 Å². The first kappa shape index (κ1) is 12.4. The Morgan fingerprint density at radius 1 is 1.22 bits per heavy atom. The zero-order chi connectivity index (χ0) is 12.7. The van der Waals surface area contributed by atoms with Crippen LogP contribution < -0.4 is 0 Å². The highest BCUT2D eigenvalue weighted by molar-refractivity contribution is 9.10. The number of rotatable bonds is 2. The summed E-state index contributed by atoms with van der Waals surface area (Å²) in [7, 11) is 0. The minimum atomic E-state index is -0.522. The Hall–Kier alpha value is -0.680. The molecule has 1 unspecified atom stereocenters. The van der Waals surface area contributed by atoms with Crippen LogP contribution in [-0.4, -0.2) is 5.11 Å². The number of aryl methyl sites for hydroxylation is 1. The van der Waals surface area contributed by atoms with Crippen molar-refractivity contribution in [1.82, 2.24) is 0 Å². The number of benzene rings is 1. The topological polar surface area (TPSA) is 20.2 Å². The molecule has 3 aromatic rings. The maximum Gasteiger partial charge on any atom is 0.115 e. The number of thiophene rings is 2. The van der Waals surface area contributed by atoms with Crippen molar-refractivity contribution in [3.63, 3.8) is 0 Å². The number of aliphatic hydroxyl groups excluding tert-OH is 1. The highest BCUT2D eigenvalue weighted by atomic mass is 79.9. The minimum absolute atomic E-state index is 0.522. The predicted molar refractivity (Wildman–Crippen MR) is 82.6 cm³/mol. The Balaban J connectivity index is 2.12. The molecule has 0 bridgehead atoms. The number of aliphatic hydroxyl groups is 1. The van der Waals surface area contributed by atoms with E-state index in [4.69, 9.17) is 0 Å². The molecule has 0 fully saturated rings. The molecular weight excluding hydrogens is 328 g/mol. The SMILES string of the molecule is Cc1ccc(C(O)c2csc3c(Br)cccc23)s1. The van der Waals surface area contributed by atoms with Gasteiger partial charge in [-0.15, -0.1) is 22.7 Å². The lowest BCUT2D eigenvalue weighted by Gasteiger charge is -2.07. The van der Waals surface area contributed by atoms with Crippen LogP contribution in [0.5, 0.6) is 0 Å². The second-order valence-electron chi connectivity index (χ2n) is 4.16. The van der Waals surface area contributed by atoms with Crippen molar-refractivity contribution in [3.05, 3.63) is 55.5 Å². The van der Waals surface area contributed by atoms with E-state index in [0.717, 1.165) is 20.3 Å². The van der Waals surface area contributed by atoms with E-state index in [2.05, 4.69) is 34.3 Å². The van der Waals surface area contributed by atoms with Gasteiger partial charge in [0.2, 0.25) is 0 Å². The van der Waals surface area contributed by atoms with Crippen LogP contribution in [0, 0.1) is 6.92 Å². The summed E-state index contributed by atoms with van der Waals surface area (Å²) >= 11 is 6.87. The molecule has 4 heteroatoms. The van der Waals surface area contributed by atoms with Crippen molar-refractivity contribution in [2.75, 3.05) is 0 Å². The third kappa shape index (κ3) is 2.03. The second-order valence-corrected chi connectivity index (χ2v) is 7.21. The van der Waals surface area contributed by atoms with E-state index in [9.17, 15) is 5.11 Å². The van der Waals surface area contributed by atoms with Crippen LogP contribution in [0.4, 0.5) is 0 Å². The lowest BCUT2D eigenvalue weighted by atomic mass is 10.1. The number of fused-ring (bicyclic) bond motifs is 1. The van der Waals surface area contributed by atoms with Crippen LogP contribution in [-0.2, 0) is 0 Å². The summed E-state index contributed by atoms with van der Waals surface area (Å²) in [6, 6.07) is 10.2. The maximum absolute atomic E-state index is 10.5. The average molecular weight is 339 g/mol. The molecule has 1 N–H and O–H groups in total. The van der Waals surface area contributed by atoms with Crippen molar-refractivity contribution >= 4 is 48.7 Å². The second kappa shape index (κ2) is 4.78. The van der Waals surface area contributed by atoms with Crippen LogP contribution in [0.3, 0.4) is 0 Å². The van der Waals surface area contributed by atoms with Crippen molar-refractivity contribution in [2.45, 2.75) is 13.0 Å². The van der Waals surface area contributed by atoms with Crippen LogP contribution in [0.25, 0.3) is 10.1 Å². The summed E-state index contributed by atoms with van der Waals surface area (Å²) < 4.78 is 2.28. The van der Waals surface area contributed by atoms with E-state index in [1.165, 1.54) is 9.58 Å². The first-order valence-corrected chi connectivity index (χ1v) is 8.06. The Kier molecular flexibility index (Phi) is 3.28. The average Bonchev–Trinajstić information content (AvgIpc) is 2.95. The molecule has 18 heavy (non-hydrogen) atoms. The maximum atomic E-state index is 10.5. The Bertz CT molecular complexity index is 699. The van der Waals surface area contributed by atoms with E-state index >= 15 is 0 Å². The Labute approximate surface area is 122 Å². The van der Waals surface area contributed by atoms with Gasteiger partial charge in [0.25, 0.3) is 0 Å². The summed E-state index contributed by atoms with van der Waals surface area (Å²) in [6.45, 7) is 2.06. The largest absolute Gasteiger partial charge is 0.383 e. The summed E-state index contributed by atoms with van der Waals surface area (Å²) in [5, 5.41) is 13.7. The van der Waals surface area contributed by atoms with Crippen LogP contribution >= 0.6 is 38.6 Å². The fourth-order valence-electron chi connectivity index (χ4n) is 2.01. The van der Waals surface area contributed by atoms with Crippen LogP contribution in [0.2, 0.25) is 0 Å². The Morgan fingerprint density at radius 2 is 2.06 bits per heavy atom. The molecule has 0 aliphatic rings. The molecule has 1 nitrogen and oxygen atoms in total. The molecule has 92 valence electrons. The van der Waals surface area contributed by atoms with E-state index in [1.807, 2.05) is 24.3 Å². The molecule has 1 aromatic carbocycles. The smallest absolute Gasteiger partial charge is 0.115 e. The van der Waals surface area contributed by atoms with Gasteiger partial charge in [-0.2, -0.15) is 0 Å². The van der Waals surface area contributed by atoms with Crippen molar-refractivity contribution in [1.29, 1.82) is 0 Å². The summed E-state index contributed by atoms with van der Waals surface area (Å²) in [5.41, 5.74) is 0.998. The normalized spacial score (nSPS) is 13.1. The van der Waals surface area contributed by atoms with Crippen molar-refractivity contribution < 1.29 is 5.11 Å². The van der Waals surface area contributed by atoms with Gasteiger partial charge >= 0.3 is 0 Å². The summed E-state index contributed by atoms with van der Waals surface area (Å²) in [6.07, 6.45) is -0.522. The van der Waals surface area contributed by atoms with E-state index in [1.54, 1.807) is 22.7 Å². The lowest BCUT2D eigenvalue weighted by Crippen LogP contribution is -1.95. The predicted octanol–water partition coefficient (Wildman–Crippen LogP) is 5.12. The fourth-order valence-corrected chi connectivity index (χ4v) is 4.53. The Morgan fingerprint density at radius 3 is 2.78 bits per heavy atom. The van der Waals surface area contributed by atoms with E-state index in [0.29, 0.717) is 0 Å². The molecule has 0 spiro atoms. The first-order valence-electron chi connectivity index (χ1n) is 5.57. The van der Waals surface area contributed by atoms with Gasteiger partial charge in [0, 0.05) is 24.5 Å². The zero-order valence-electron chi connectivity index (χ0n) is 9.68. The quantitative estimate of drug-likeness (QED) is 0.687. The highest BCUT2D eigenvalue weighted by Crippen LogP contribution is 2.38. The molecule has 0 aliphatic heterocycles. The van der Waals surface area contributed by atoms with Crippen LogP contribution in [0.15, 0.2) is 40.2 Å². The molecule has 0 saturated heterocycles. The molecule has 0 radical (unpaired) electrons. The zero-order valence-corrected chi connectivity index (χ0v) is 12.9. The van der Waals surface area contributed by atoms with Gasteiger partial charge in [-0.3, -0.25) is 0 Å². The van der Waals surface area contributed by atoms with Gasteiger partial charge in [-0.1, -0.05) is 12.1 Å². The van der Waals surface area contributed by atoms with Gasteiger partial charge in [0.05, 0.1) is 0 Å². The molecule has 1 atom stereocenters. The third-order valence-electron chi connectivity index (χ3n) is 2.91. The lowest BCUT2D eigenvalue weighted by molar-refractivity contribution is 0.226. The number of hydrogen-bond donors (Lipinski definition) is 1. The minimum Gasteiger partial charge on any atom is -0.383 e. The highest BCUT2D eigenvalue weighted by Gasteiger charge is 2.17. The van der Waals surface area contributed by atoms with Crippen molar-refractivity contribution in [3.8, 4) is 0 Å². The molecule has 3 rings (SSSR count). The van der Waals surface area contributed by atoms with Gasteiger partial charge in [0.1, 0.15) is 6.10 Å². The number of hydrogen-bond acceptors (Lipinski definition) is 3. The van der Waals surface area contributed by atoms with Crippen molar-refractivity contribution in [2.24, 2.45) is 0 Å². The summed E-state index contributed by atoms with van der Waals surface area (Å²) in [4.78, 5) is 2.23. The fraction of sp³-hybridized carbons (Fsp3) is 0.143. The molecular formula is C14H11BrOS2. The third-order valence-corrected chi connectivity index (χ3v) is 5.93.